The third-order valence-corrected chi connectivity index (χ3v) is 17.1. The van der Waals surface area contributed by atoms with Crippen molar-refractivity contribution in [2.75, 3.05) is 63.8 Å². The molecule has 2 aromatic heterocycles. The zero-order valence-electron chi connectivity index (χ0n) is 44.3. The van der Waals surface area contributed by atoms with Gasteiger partial charge in [-0.3, -0.25) is 29.0 Å². The Bertz CT molecular complexity index is 2690. The topological polar surface area (TPSA) is 196 Å². The van der Waals surface area contributed by atoms with Crippen LogP contribution in [0, 0.1) is 40.4 Å². The number of hydrogen-bond acceptors (Lipinski definition) is 13. The van der Waals surface area contributed by atoms with Crippen LogP contribution in [0.15, 0.2) is 66.3 Å². The van der Waals surface area contributed by atoms with Crippen LogP contribution in [-0.2, 0) is 14.4 Å². The molecule has 18 heteroatoms. The van der Waals surface area contributed by atoms with Crippen molar-refractivity contribution in [3.63, 3.8) is 0 Å². The summed E-state index contributed by atoms with van der Waals surface area (Å²) in [5.41, 5.74) is 4.24. The molecule has 0 bridgehead atoms. The van der Waals surface area contributed by atoms with Crippen molar-refractivity contribution in [2.24, 2.45) is 22.2 Å². The summed E-state index contributed by atoms with van der Waals surface area (Å²) in [4.78, 5) is 73.8. The minimum atomic E-state index is -0.893. The lowest BCUT2D eigenvalue weighted by atomic mass is 9.49. The third-order valence-electron chi connectivity index (χ3n) is 15.8. The van der Waals surface area contributed by atoms with Crippen molar-refractivity contribution in [2.45, 2.75) is 118 Å². The quantitative estimate of drug-likeness (QED) is 0.0968. The number of benzene rings is 2. The fourth-order valence-corrected chi connectivity index (χ4v) is 12.8. The second kappa shape index (κ2) is 22.3. The van der Waals surface area contributed by atoms with Crippen LogP contribution in [-0.4, -0.2) is 143 Å². The van der Waals surface area contributed by atoms with Crippen molar-refractivity contribution in [1.29, 1.82) is 5.26 Å². The van der Waals surface area contributed by atoms with E-state index < -0.39 is 23.6 Å². The first kappa shape index (κ1) is 54.6. The van der Waals surface area contributed by atoms with Gasteiger partial charge in [-0.15, -0.1) is 11.3 Å². The Hall–Kier alpha value is -5.64. The number of piperazine rings is 1. The number of carbonyl (C=O) groups excluding carboxylic acids is 4. The van der Waals surface area contributed by atoms with Gasteiger partial charge in [0.2, 0.25) is 17.7 Å². The minimum absolute atomic E-state index is 0.0155. The third kappa shape index (κ3) is 12.1. The number of thiazole rings is 1. The number of carbonyl (C=O) groups is 4. The monoisotopic (exact) mass is 1050 g/mol. The van der Waals surface area contributed by atoms with Crippen LogP contribution in [0.3, 0.4) is 0 Å². The Kier molecular flexibility index (Phi) is 16.5. The largest absolute Gasteiger partial charge is 0.489 e. The van der Waals surface area contributed by atoms with Gasteiger partial charge < -0.3 is 35.6 Å². The maximum Gasteiger partial charge on any atom is 0.253 e. The van der Waals surface area contributed by atoms with Gasteiger partial charge in [-0.25, -0.2) is 9.97 Å². The number of β-amino-alcohol motifs (C(OH)–C–C–N with tert-alkyl or cyclic N) is 1. The molecule has 5 heterocycles. The van der Waals surface area contributed by atoms with E-state index in [0.29, 0.717) is 27.8 Å². The lowest BCUT2D eigenvalue weighted by Gasteiger charge is -2.63. The normalized spacial score (nSPS) is 23.0. The number of hydrogen-bond donors (Lipinski definition) is 4. The number of aromatic nitrogens is 2. The predicted octanol–water partition coefficient (Wildman–Crippen LogP) is 6.85. The Morgan fingerprint density at radius 2 is 1.62 bits per heavy atom. The Labute approximate surface area is 445 Å². The number of likely N-dealkylation sites (tertiary alicyclic amines) is 2. The molecule has 4 fully saturated rings. The SMILES string of the molecule is Cc1ncsc1-c1ccc([C@H](C)NC(=O)C2C[C@@H](O)CN2C(=O)[C@@H](NC(=O)CN2CCC(CN3CCN(c4ccc(C(=O)NC5C(C)(C)C(Oc6ccc(C#N)c(Cl)c6)C5(C)C)cn4)CC3)CC2)C(C)(C)C)cc1. The maximum atomic E-state index is 14.3. The zero-order chi connectivity index (χ0) is 53.3. The van der Waals surface area contributed by atoms with Gasteiger partial charge in [-0.05, 0) is 86.5 Å². The molecular weight excluding hydrogens is 976 g/mol. The number of pyridine rings is 1. The highest BCUT2D eigenvalue weighted by atomic mass is 35.5. The second-order valence-electron chi connectivity index (χ2n) is 23.1. The number of aliphatic hydroxyl groups is 1. The highest BCUT2D eigenvalue weighted by molar-refractivity contribution is 7.13. The number of aliphatic hydroxyl groups excluding tert-OH is 1. The van der Waals surface area contributed by atoms with Crippen molar-refractivity contribution in [3.05, 3.63) is 93.7 Å². The summed E-state index contributed by atoms with van der Waals surface area (Å²) in [6, 6.07) is 16.7. The summed E-state index contributed by atoms with van der Waals surface area (Å²) >= 11 is 7.85. The molecule has 4 atom stereocenters. The van der Waals surface area contributed by atoms with E-state index in [1.807, 2.05) is 76.5 Å². The van der Waals surface area contributed by atoms with E-state index in [-0.39, 0.29) is 72.2 Å². The number of ether oxygens (including phenoxy) is 1. The van der Waals surface area contributed by atoms with Crippen LogP contribution in [0.25, 0.3) is 10.4 Å². The highest BCUT2D eigenvalue weighted by Gasteiger charge is 2.64. The van der Waals surface area contributed by atoms with Gasteiger partial charge in [0, 0.05) is 74.8 Å². The fraction of sp³-hybridized carbons (Fsp3) is 0.554. The summed E-state index contributed by atoms with van der Waals surface area (Å²) in [7, 11) is 0. The van der Waals surface area contributed by atoms with Gasteiger partial charge in [-0.1, -0.05) is 84.3 Å². The molecule has 2 aromatic carbocycles. The van der Waals surface area contributed by atoms with Crippen LogP contribution in [0.2, 0.25) is 5.02 Å². The highest BCUT2D eigenvalue weighted by Crippen LogP contribution is 2.55. The number of halogens is 1. The number of nitrogens with one attached hydrogen (secondary N) is 3. The number of piperidine rings is 1. The Morgan fingerprint density at radius 3 is 2.22 bits per heavy atom. The molecule has 74 heavy (non-hydrogen) atoms. The van der Waals surface area contributed by atoms with Crippen LogP contribution in [0.5, 0.6) is 5.75 Å². The molecule has 4 N–H and O–H groups in total. The summed E-state index contributed by atoms with van der Waals surface area (Å²) in [6.07, 6.45) is 2.64. The second-order valence-corrected chi connectivity index (χ2v) is 24.4. The summed E-state index contributed by atoms with van der Waals surface area (Å²) < 4.78 is 6.39. The Morgan fingerprint density at radius 1 is 0.932 bits per heavy atom. The zero-order valence-corrected chi connectivity index (χ0v) is 45.9. The summed E-state index contributed by atoms with van der Waals surface area (Å²) in [5.74, 6) is 0.799. The lowest BCUT2D eigenvalue weighted by molar-refractivity contribution is -0.164. The van der Waals surface area contributed by atoms with Gasteiger partial charge in [0.15, 0.2) is 0 Å². The molecule has 4 aliphatic rings. The van der Waals surface area contributed by atoms with E-state index in [4.69, 9.17) is 21.3 Å². The van der Waals surface area contributed by atoms with E-state index in [0.717, 1.165) is 86.2 Å². The van der Waals surface area contributed by atoms with Crippen molar-refractivity contribution in [1.82, 2.24) is 40.6 Å². The molecule has 1 aliphatic carbocycles. The van der Waals surface area contributed by atoms with Crippen LogP contribution in [0.4, 0.5) is 5.82 Å². The molecular formula is C56H73ClN10O6S. The molecule has 1 saturated carbocycles. The minimum Gasteiger partial charge on any atom is -0.489 e. The van der Waals surface area contributed by atoms with Crippen molar-refractivity contribution >= 4 is 52.4 Å². The number of anilines is 1. The molecule has 16 nitrogen and oxygen atoms in total. The molecule has 3 aliphatic heterocycles. The number of amides is 4. The molecule has 1 unspecified atom stereocenters. The van der Waals surface area contributed by atoms with Crippen molar-refractivity contribution in [3.8, 4) is 22.3 Å². The number of nitrogens with zero attached hydrogens (tertiary/aromatic N) is 7. The first-order valence-electron chi connectivity index (χ1n) is 25.9. The van der Waals surface area contributed by atoms with E-state index in [1.165, 1.54) is 4.90 Å². The standard InChI is InChI=1S/C56H73ClN10O6S/c1-34(37-10-12-38(13-11-37)47-35(2)60-33-74-47)61-50(71)44-26-41(68)31-67(44)51(72)48(54(3,4)5)62-46(69)32-64-20-18-36(19-21-64)30-65-22-24-66(25-23-65)45-17-15-40(29-59-45)49(70)63-52-55(6,7)53(56(52,8)9)73-42-16-14-39(28-58)43(57)27-42/h10-17,27,29,33-34,36,41,44,48,52-53,68H,18-26,30-32H2,1-9H3,(H,61,71)(H,62,69)(H,63,70)/t34-,41+,44?,48+,52?,53?/m0/s1. The smallest absolute Gasteiger partial charge is 0.253 e. The number of aryl methyl sites for hydroxylation is 1. The fourth-order valence-electron chi connectivity index (χ4n) is 11.8. The van der Waals surface area contributed by atoms with E-state index in [1.54, 1.807) is 35.7 Å². The van der Waals surface area contributed by atoms with E-state index in [9.17, 15) is 29.5 Å². The van der Waals surface area contributed by atoms with Gasteiger partial charge in [0.1, 0.15) is 35.8 Å². The van der Waals surface area contributed by atoms with Gasteiger partial charge in [0.05, 0.1) is 50.9 Å². The first-order valence-corrected chi connectivity index (χ1v) is 27.2. The molecule has 0 spiro atoms. The summed E-state index contributed by atoms with van der Waals surface area (Å²) in [5, 5.41) is 29.7. The molecule has 0 radical (unpaired) electrons. The molecule has 8 rings (SSSR count). The number of nitriles is 1. The van der Waals surface area contributed by atoms with Crippen LogP contribution >= 0.6 is 22.9 Å². The molecule has 3 saturated heterocycles. The van der Waals surface area contributed by atoms with Gasteiger partial charge in [-0.2, -0.15) is 5.26 Å². The lowest BCUT2D eigenvalue weighted by Crippen LogP contribution is -2.74. The van der Waals surface area contributed by atoms with Crippen LogP contribution in [0.1, 0.15) is 108 Å². The summed E-state index contributed by atoms with van der Waals surface area (Å²) in [6.45, 7) is 24.1. The average molecular weight is 1050 g/mol. The predicted molar refractivity (Wildman–Crippen MR) is 288 cm³/mol. The number of rotatable bonds is 15. The first-order chi connectivity index (χ1) is 35.0. The van der Waals surface area contributed by atoms with E-state index in [2.05, 4.69) is 69.4 Å². The Balaban J connectivity index is 0.758. The molecule has 396 valence electrons. The van der Waals surface area contributed by atoms with E-state index >= 15 is 0 Å². The maximum absolute atomic E-state index is 14.3. The van der Waals surface area contributed by atoms with Gasteiger partial charge in [0.25, 0.3) is 5.91 Å². The molecule has 4 amide bonds. The molecule has 4 aromatic rings. The van der Waals surface area contributed by atoms with Crippen LogP contribution < -0.4 is 25.6 Å². The average Bonchev–Trinajstić information content (AvgIpc) is 3.99. The van der Waals surface area contributed by atoms with Gasteiger partial charge >= 0.3 is 0 Å². The van der Waals surface area contributed by atoms with Crippen molar-refractivity contribution < 1.29 is 29.0 Å².